The number of methoxy groups -OCH3 is 1. The van der Waals surface area contributed by atoms with E-state index in [-0.39, 0.29) is 23.2 Å². The molecule has 1 aliphatic heterocycles. The number of guanidine groups is 1. The summed E-state index contributed by atoms with van der Waals surface area (Å²) in [6, 6.07) is 12.3. The Morgan fingerprint density at radius 2 is 2.06 bits per heavy atom. The molecule has 2 atom stereocenters. The highest BCUT2D eigenvalue weighted by atomic mass is 19.1. The van der Waals surface area contributed by atoms with Crippen molar-refractivity contribution in [1.29, 1.82) is 0 Å². The van der Waals surface area contributed by atoms with Crippen molar-refractivity contribution in [3.8, 4) is 11.4 Å². The molecule has 2 fully saturated rings. The van der Waals surface area contributed by atoms with Crippen LogP contribution in [0, 0.1) is 12.7 Å². The molecule has 35 heavy (non-hydrogen) atoms. The first-order valence-corrected chi connectivity index (χ1v) is 11.7. The molecule has 1 saturated heterocycles. The fraction of sp³-hybridized carbons (Fsp3) is 0.296. The topological polar surface area (TPSA) is 71.7 Å². The highest BCUT2D eigenvalue weighted by molar-refractivity contribution is 6.16. The lowest BCUT2D eigenvalue weighted by molar-refractivity contribution is -0.123. The average Bonchev–Trinajstić information content (AvgIpc) is 3.17. The van der Waals surface area contributed by atoms with Crippen molar-refractivity contribution in [2.75, 3.05) is 13.7 Å². The zero-order valence-corrected chi connectivity index (χ0v) is 20.2. The Bertz CT molecular complexity index is 1340. The molecule has 0 bridgehead atoms. The van der Waals surface area contributed by atoms with Crippen molar-refractivity contribution < 1.29 is 13.9 Å². The second-order valence-corrected chi connectivity index (χ2v) is 9.15. The predicted octanol–water partition coefficient (Wildman–Crippen LogP) is 4.21. The minimum atomic E-state index is -0.267. The molecule has 1 N–H and O–H groups in total. The maximum absolute atomic E-state index is 13.5. The van der Waals surface area contributed by atoms with E-state index in [1.807, 2.05) is 48.9 Å². The Hall–Kier alpha value is -3.94. The van der Waals surface area contributed by atoms with E-state index in [1.54, 1.807) is 30.5 Å². The maximum atomic E-state index is 13.5. The largest absolute Gasteiger partial charge is 0.495 e. The molecule has 1 aromatic heterocycles. The van der Waals surface area contributed by atoms with Gasteiger partial charge in [0.15, 0.2) is 0 Å². The second kappa shape index (κ2) is 8.69. The Balaban J connectivity index is 1.44. The monoisotopic (exact) mass is 473 g/mol. The first-order valence-electron chi connectivity index (χ1n) is 11.7. The molecule has 2 aromatic carbocycles. The van der Waals surface area contributed by atoms with Gasteiger partial charge in [-0.1, -0.05) is 25.1 Å². The number of hydrogen-bond acceptors (Lipinski definition) is 4. The van der Waals surface area contributed by atoms with Gasteiger partial charge in [-0.2, -0.15) is 0 Å². The molecular weight excluding hydrogens is 445 g/mol. The quantitative estimate of drug-likeness (QED) is 0.545. The first kappa shape index (κ1) is 22.8. The van der Waals surface area contributed by atoms with Crippen molar-refractivity contribution >= 4 is 17.9 Å². The van der Waals surface area contributed by atoms with Gasteiger partial charge in [-0.05, 0) is 61.7 Å². The molecule has 2 heterocycles. The molecule has 2 aliphatic rings. The summed E-state index contributed by atoms with van der Waals surface area (Å²) in [6.07, 6.45) is 6.27. The Labute approximate surface area is 204 Å². The smallest absolute Gasteiger partial charge is 0.277 e. The molecule has 1 saturated carbocycles. The lowest BCUT2D eigenvalue weighted by Crippen LogP contribution is -2.37. The SMILES string of the molecule is CCN=C1N/C(=C\c2ccc(-n3cnc(C)c3)c(OC)c2)C(=O)N1C1CC1(C)c1ccc(F)cc1. The molecule has 7 nitrogen and oxygen atoms in total. The number of halogens is 1. The summed E-state index contributed by atoms with van der Waals surface area (Å²) in [7, 11) is 1.62. The van der Waals surface area contributed by atoms with Gasteiger partial charge >= 0.3 is 0 Å². The number of hydrogen-bond donors (Lipinski definition) is 1. The standard InChI is InChI=1S/C27H28FN5O2/c1-5-29-26-31-21(12-18-6-11-22(23(13-18)35-4)32-15-17(2)30-16-32)25(34)33(26)24-14-27(24,3)19-7-9-20(28)10-8-19/h6-13,15-16,24H,5,14H2,1-4H3,(H,29,31)/b21-12-. The number of aliphatic imine (C=N–C) groups is 1. The van der Waals surface area contributed by atoms with Crippen LogP contribution in [0.3, 0.4) is 0 Å². The number of carbonyl (C=O) groups is 1. The van der Waals surface area contributed by atoms with Gasteiger partial charge in [-0.25, -0.2) is 9.37 Å². The van der Waals surface area contributed by atoms with Gasteiger partial charge in [0.25, 0.3) is 5.91 Å². The van der Waals surface area contributed by atoms with E-state index in [4.69, 9.17) is 4.74 Å². The number of carbonyl (C=O) groups excluding carboxylic acids is 1. The number of rotatable bonds is 6. The van der Waals surface area contributed by atoms with Crippen molar-refractivity contribution in [3.63, 3.8) is 0 Å². The summed E-state index contributed by atoms with van der Waals surface area (Å²) < 4.78 is 21.0. The fourth-order valence-electron chi connectivity index (χ4n) is 4.69. The van der Waals surface area contributed by atoms with E-state index in [9.17, 15) is 9.18 Å². The van der Waals surface area contributed by atoms with Gasteiger partial charge < -0.3 is 14.6 Å². The Morgan fingerprint density at radius 1 is 1.29 bits per heavy atom. The van der Waals surface area contributed by atoms with Crippen molar-refractivity contribution in [1.82, 2.24) is 19.8 Å². The minimum absolute atomic E-state index is 0.0504. The van der Waals surface area contributed by atoms with Crippen molar-refractivity contribution in [2.45, 2.75) is 38.6 Å². The number of aryl methyl sites for hydroxylation is 1. The number of aromatic nitrogens is 2. The summed E-state index contributed by atoms with van der Waals surface area (Å²) in [5.74, 6) is 0.836. The molecule has 0 radical (unpaired) electrons. The minimum Gasteiger partial charge on any atom is -0.495 e. The lowest BCUT2D eigenvalue weighted by Gasteiger charge is -2.20. The van der Waals surface area contributed by atoms with Crippen LogP contribution >= 0.6 is 0 Å². The zero-order chi connectivity index (χ0) is 24.7. The third-order valence-corrected chi connectivity index (χ3v) is 6.74. The van der Waals surface area contributed by atoms with Crippen LogP contribution in [0.5, 0.6) is 5.75 Å². The molecule has 2 unspecified atom stereocenters. The van der Waals surface area contributed by atoms with Crippen LogP contribution < -0.4 is 10.1 Å². The zero-order valence-electron chi connectivity index (χ0n) is 20.2. The van der Waals surface area contributed by atoms with E-state index in [0.29, 0.717) is 24.0 Å². The molecular formula is C27H28FN5O2. The lowest BCUT2D eigenvalue weighted by atomic mass is 9.97. The van der Waals surface area contributed by atoms with Crippen LogP contribution in [0.15, 0.2) is 65.7 Å². The van der Waals surface area contributed by atoms with E-state index in [0.717, 1.165) is 28.9 Å². The van der Waals surface area contributed by atoms with E-state index >= 15 is 0 Å². The highest BCUT2D eigenvalue weighted by Crippen LogP contribution is 2.52. The molecule has 1 aliphatic carbocycles. The van der Waals surface area contributed by atoms with Crippen LogP contribution in [0.4, 0.5) is 4.39 Å². The number of amides is 1. The first-order chi connectivity index (χ1) is 16.8. The summed E-state index contributed by atoms with van der Waals surface area (Å²) in [5, 5.41) is 3.22. The fourth-order valence-corrected chi connectivity index (χ4v) is 4.69. The van der Waals surface area contributed by atoms with Crippen LogP contribution in [-0.2, 0) is 10.2 Å². The molecule has 180 valence electrons. The predicted molar refractivity (Wildman–Crippen MR) is 133 cm³/mol. The van der Waals surface area contributed by atoms with Crippen LogP contribution in [0.2, 0.25) is 0 Å². The van der Waals surface area contributed by atoms with Crippen molar-refractivity contribution in [2.24, 2.45) is 4.99 Å². The van der Waals surface area contributed by atoms with Crippen LogP contribution in [-0.4, -0.2) is 46.0 Å². The van der Waals surface area contributed by atoms with Crippen LogP contribution in [0.1, 0.15) is 37.1 Å². The number of benzene rings is 2. The Morgan fingerprint density at radius 3 is 2.71 bits per heavy atom. The van der Waals surface area contributed by atoms with Crippen molar-refractivity contribution in [3.05, 3.63) is 83.3 Å². The number of imidazole rings is 1. The number of ether oxygens (including phenoxy) is 1. The summed E-state index contributed by atoms with van der Waals surface area (Å²) in [5.41, 5.74) is 3.83. The van der Waals surface area contributed by atoms with Gasteiger partial charge in [-0.15, -0.1) is 0 Å². The average molecular weight is 474 g/mol. The number of nitrogens with one attached hydrogen (secondary N) is 1. The normalized spacial score (nSPS) is 23.7. The number of nitrogens with zero attached hydrogens (tertiary/aromatic N) is 4. The van der Waals surface area contributed by atoms with Gasteiger partial charge in [0.05, 0.1) is 30.9 Å². The summed E-state index contributed by atoms with van der Waals surface area (Å²) >= 11 is 0. The molecule has 5 rings (SSSR count). The van der Waals surface area contributed by atoms with E-state index < -0.39 is 0 Å². The van der Waals surface area contributed by atoms with E-state index in [2.05, 4.69) is 22.2 Å². The maximum Gasteiger partial charge on any atom is 0.277 e. The Kier molecular flexibility index (Phi) is 5.67. The molecule has 0 spiro atoms. The second-order valence-electron chi connectivity index (χ2n) is 9.15. The third-order valence-electron chi connectivity index (χ3n) is 6.74. The van der Waals surface area contributed by atoms with E-state index in [1.165, 1.54) is 12.1 Å². The highest BCUT2D eigenvalue weighted by Gasteiger charge is 2.58. The van der Waals surface area contributed by atoms with Gasteiger partial charge in [0, 0.05) is 18.2 Å². The van der Waals surface area contributed by atoms with Crippen LogP contribution in [0.25, 0.3) is 11.8 Å². The van der Waals surface area contributed by atoms with Gasteiger partial charge in [0.1, 0.15) is 17.3 Å². The molecule has 8 heteroatoms. The van der Waals surface area contributed by atoms with Gasteiger partial charge in [-0.3, -0.25) is 14.7 Å². The summed E-state index contributed by atoms with van der Waals surface area (Å²) in [6.45, 7) is 6.52. The third kappa shape index (κ3) is 4.09. The molecule has 3 aromatic rings. The summed E-state index contributed by atoms with van der Waals surface area (Å²) in [4.78, 5) is 24.1. The molecule has 1 amide bonds. The van der Waals surface area contributed by atoms with Gasteiger partial charge in [0.2, 0.25) is 5.96 Å².